The summed E-state index contributed by atoms with van der Waals surface area (Å²) in [6, 6.07) is 21.0. The highest BCUT2D eigenvalue weighted by Crippen LogP contribution is 2.29. The van der Waals surface area contributed by atoms with Crippen molar-refractivity contribution in [2.75, 3.05) is 20.1 Å². The second-order valence-electron chi connectivity index (χ2n) is 8.48. The van der Waals surface area contributed by atoms with E-state index in [-0.39, 0.29) is 11.9 Å². The predicted molar refractivity (Wildman–Crippen MR) is 116 cm³/mol. The lowest BCUT2D eigenvalue weighted by atomic mass is 10.0. The van der Waals surface area contributed by atoms with Crippen LogP contribution in [0, 0.1) is 0 Å². The van der Waals surface area contributed by atoms with Crippen molar-refractivity contribution in [2.45, 2.75) is 37.8 Å². The summed E-state index contributed by atoms with van der Waals surface area (Å²) in [6.45, 7) is 2.03. The van der Waals surface area contributed by atoms with Crippen LogP contribution in [0.3, 0.4) is 0 Å². The molecule has 30 heavy (non-hydrogen) atoms. The minimum atomic E-state index is -0.0671. The zero-order valence-corrected chi connectivity index (χ0v) is 17.3. The van der Waals surface area contributed by atoms with Gasteiger partial charge < -0.3 is 9.42 Å². The van der Waals surface area contributed by atoms with Crippen molar-refractivity contribution >= 4 is 5.91 Å². The number of likely N-dealkylation sites (N-methyl/N-ethyl adjacent to an activating group) is 1. The maximum absolute atomic E-state index is 13.1. The molecule has 1 amide bonds. The van der Waals surface area contributed by atoms with E-state index in [1.807, 2.05) is 42.3 Å². The number of carbonyl (C=O) groups is 1. The van der Waals surface area contributed by atoms with E-state index in [0.717, 1.165) is 44.3 Å². The fraction of sp³-hybridized carbons (Fsp3) is 0.360. The number of carbonyl (C=O) groups excluding carboxylic acids is 1. The number of likely N-dealkylation sites (tertiary alicyclic amines) is 1. The van der Waals surface area contributed by atoms with Gasteiger partial charge in [-0.1, -0.05) is 59.8 Å². The van der Waals surface area contributed by atoms with Gasteiger partial charge in [0.15, 0.2) is 11.5 Å². The number of piperidine rings is 1. The average Bonchev–Trinajstić information content (AvgIpc) is 3.46. The van der Waals surface area contributed by atoms with Gasteiger partial charge in [-0.05, 0) is 43.4 Å². The molecular formula is C25H27N3O2. The summed E-state index contributed by atoms with van der Waals surface area (Å²) in [5, 5.41) is 4.05. The third-order valence-corrected chi connectivity index (χ3v) is 6.63. The van der Waals surface area contributed by atoms with Crippen molar-refractivity contribution in [3.8, 4) is 11.3 Å². The zero-order chi connectivity index (χ0) is 20.5. The molecule has 1 saturated heterocycles. The fourth-order valence-corrected chi connectivity index (χ4v) is 4.89. The molecule has 2 aliphatic rings. The SMILES string of the molecule is CN(C(=O)c1cc(-c2ccccc2)on1)[C@H]1CCCN(C2Cc3ccccc3C2)C1. The Morgan fingerprint density at radius 2 is 1.77 bits per heavy atom. The molecule has 2 heterocycles. The predicted octanol–water partition coefficient (Wildman–Crippen LogP) is 4.05. The summed E-state index contributed by atoms with van der Waals surface area (Å²) < 4.78 is 5.44. The Labute approximate surface area is 177 Å². The van der Waals surface area contributed by atoms with Crippen LogP contribution >= 0.6 is 0 Å². The van der Waals surface area contributed by atoms with Gasteiger partial charge in [0.05, 0.1) is 0 Å². The minimum absolute atomic E-state index is 0.0671. The smallest absolute Gasteiger partial charge is 0.276 e. The van der Waals surface area contributed by atoms with E-state index in [1.54, 1.807) is 6.07 Å². The lowest BCUT2D eigenvalue weighted by Crippen LogP contribution is -2.51. The lowest BCUT2D eigenvalue weighted by molar-refractivity contribution is 0.0546. The van der Waals surface area contributed by atoms with E-state index < -0.39 is 0 Å². The van der Waals surface area contributed by atoms with Crippen LogP contribution in [0.5, 0.6) is 0 Å². The Morgan fingerprint density at radius 1 is 1.07 bits per heavy atom. The second-order valence-corrected chi connectivity index (χ2v) is 8.48. The van der Waals surface area contributed by atoms with Gasteiger partial charge in [0, 0.05) is 37.3 Å². The monoisotopic (exact) mass is 401 g/mol. The highest BCUT2D eigenvalue weighted by atomic mass is 16.5. The lowest BCUT2D eigenvalue weighted by Gasteiger charge is -2.40. The first-order valence-electron chi connectivity index (χ1n) is 10.8. The number of hydrogen-bond acceptors (Lipinski definition) is 4. The van der Waals surface area contributed by atoms with Crippen LogP contribution in [0.4, 0.5) is 0 Å². The first kappa shape index (κ1) is 19.1. The number of benzene rings is 2. The van der Waals surface area contributed by atoms with Crippen LogP contribution in [-0.2, 0) is 12.8 Å². The summed E-state index contributed by atoms with van der Waals surface area (Å²) in [6.07, 6.45) is 4.37. The highest BCUT2D eigenvalue weighted by Gasteiger charge is 2.33. The van der Waals surface area contributed by atoms with Crippen LogP contribution in [0.15, 0.2) is 65.2 Å². The van der Waals surface area contributed by atoms with Gasteiger partial charge in [-0.15, -0.1) is 0 Å². The molecule has 3 aromatic rings. The van der Waals surface area contributed by atoms with Crippen LogP contribution in [0.2, 0.25) is 0 Å². The fourth-order valence-electron chi connectivity index (χ4n) is 4.89. The first-order chi connectivity index (χ1) is 14.7. The van der Waals surface area contributed by atoms with Gasteiger partial charge in [-0.3, -0.25) is 9.69 Å². The van der Waals surface area contributed by atoms with Crippen LogP contribution < -0.4 is 0 Å². The molecule has 154 valence electrons. The van der Waals surface area contributed by atoms with Gasteiger partial charge in [0.2, 0.25) is 0 Å². The third kappa shape index (κ3) is 3.65. The molecule has 5 nitrogen and oxygen atoms in total. The minimum Gasteiger partial charge on any atom is -0.355 e. The number of hydrogen-bond donors (Lipinski definition) is 0. The van der Waals surface area contributed by atoms with E-state index >= 15 is 0 Å². The molecule has 0 unspecified atom stereocenters. The molecule has 5 rings (SSSR count). The van der Waals surface area contributed by atoms with Crippen molar-refractivity contribution in [3.05, 3.63) is 77.5 Å². The van der Waals surface area contributed by atoms with Crippen molar-refractivity contribution in [2.24, 2.45) is 0 Å². The number of fused-ring (bicyclic) bond motifs is 1. The van der Waals surface area contributed by atoms with E-state index in [0.29, 0.717) is 17.5 Å². The van der Waals surface area contributed by atoms with Crippen LogP contribution in [0.1, 0.15) is 34.5 Å². The number of nitrogens with zero attached hydrogens (tertiary/aromatic N) is 3. The van der Waals surface area contributed by atoms with Gasteiger partial charge >= 0.3 is 0 Å². The summed E-state index contributed by atoms with van der Waals surface area (Å²) in [7, 11) is 1.90. The molecule has 0 spiro atoms. The van der Waals surface area contributed by atoms with Crippen molar-refractivity contribution < 1.29 is 9.32 Å². The van der Waals surface area contributed by atoms with Crippen LogP contribution in [0.25, 0.3) is 11.3 Å². The Bertz CT molecular complexity index is 1000. The normalized spacial score (nSPS) is 19.6. The molecule has 0 bridgehead atoms. The molecular weight excluding hydrogens is 374 g/mol. The number of rotatable bonds is 4. The number of amides is 1. The summed E-state index contributed by atoms with van der Waals surface area (Å²) in [4.78, 5) is 17.5. The molecule has 1 fully saturated rings. The molecule has 0 radical (unpaired) electrons. The Hall–Kier alpha value is -2.92. The van der Waals surface area contributed by atoms with Crippen molar-refractivity contribution in [1.29, 1.82) is 0 Å². The quantitative estimate of drug-likeness (QED) is 0.662. The highest BCUT2D eigenvalue weighted by molar-refractivity contribution is 5.93. The van der Waals surface area contributed by atoms with E-state index in [4.69, 9.17) is 4.52 Å². The van der Waals surface area contributed by atoms with Gasteiger partial charge in [-0.25, -0.2) is 0 Å². The Morgan fingerprint density at radius 3 is 2.50 bits per heavy atom. The summed E-state index contributed by atoms with van der Waals surface area (Å²) in [5.74, 6) is 0.559. The molecule has 0 N–H and O–H groups in total. The molecule has 1 aliphatic heterocycles. The van der Waals surface area contributed by atoms with Crippen molar-refractivity contribution in [3.63, 3.8) is 0 Å². The van der Waals surface area contributed by atoms with E-state index in [2.05, 4.69) is 34.3 Å². The second kappa shape index (κ2) is 8.07. The number of aromatic nitrogens is 1. The molecule has 1 aromatic heterocycles. The molecule has 1 atom stereocenters. The standard InChI is InChI=1S/C25H27N3O2/c1-27(25(29)23-16-24(30-26-23)18-8-3-2-4-9-18)21-12-7-13-28(17-21)22-14-19-10-5-6-11-20(19)15-22/h2-6,8-11,16,21-22H,7,12-15,17H2,1H3/t21-/m0/s1. The molecule has 1 aliphatic carbocycles. The zero-order valence-electron chi connectivity index (χ0n) is 17.3. The van der Waals surface area contributed by atoms with Gasteiger partial charge in [0.25, 0.3) is 5.91 Å². The molecule has 2 aromatic carbocycles. The molecule has 5 heteroatoms. The van der Waals surface area contributed by atoms with E-state index in [9.17, 15) is 4.79 Å². The maximum atomic E-state index is 13.1. The molecule has 0 saturated carbocycles. The van der Waals surface area contributed by atoms with E-state index in [1.165, 1.54) is 11.1 Å². The summed E-state index contributed by atoms with van der Waals surface area (Å²) in [5.41, 5.74) is 4.26. The van der Waals surface area contributed by atoms with Gasteiger partial charge in [0.1, 0.15) is 0 Å². The maximum Gasteiger partial charge on any atom is 0.276 e. The topological polar surface area (TPSA) is 49.6 Å². The van der Waals surface area contributed by atoms with Gasteiger partial charge in [-0.2, -0.15) is 0 Å². The van der Waals surface area contributed by atoms with Crippen molar-refractivity contribution in [1.82, 2.24) is 15.0 Å². The first-order valence-corrected chi connectivity index (χ1v) is 10.8. The third-order valence-electron chi connectivity index (χ3n) is 6.63. The van der Waals surface area contributed by atoms with Crippen LogP contribution in [-0.4, -0.2) is 53.1 Å². The average molecular weight is 402 g/mol. The Kier molecular flexibility index (Phi) is 5.13. The largest absolute Gasteiger partial charge is 0.355 e. The Balaban J connectivity index is 1.25. The summed E-state index contributed by atoms with van der Waals surface area (Å²) >= 11 is 0.